The minimum Gasteiger partial charge on any atom is -0.306 e. The lowest BCUT2D eigenvalue weighted by atomic mass is 10.2. The molecule has 0 saturated carbocycles. The average molecular weight is 189 g/mol. The van der Waals surface area contributed by atoms with Gasteiger partial charge in [0, 0.05) is 18.6 Å². The molecule has 0 saturated heterocycles. The second-order valence-corrected chi connectivity index (χ2v) is 2.06. The molecule has 0 aromatic carbocycles. The van der Waals surface area contributed by atoms with Gasteiger partial charge in [-0.05, 0) is 12.1 Å². The van der Waals surface area contributed by atoms with Crippen LogP contribution in [-0.2, 0) is 0 Å². The van der Waals surface area contributed by atoms with Crippen molar-refractivity contribution in [2.45, 2.75) is 13.8 Å². The molecule has 0 aliphatic carbocycles. The van der Waals surface area contributed by atoms with Crippen LogP contribution in [0.1, 0.15) is 19.5 Å². The molecule has 14 heavy (non-hydrogen) atoms. The third-order valence-electron chi connectivity index (χ3n) is 1.29. The molecule has 0 bridgehead atoms. The molecular formula is C11H15N3. The molecule has 0 unspecified atom stereocenters. The third kappa shape index (κ3) is 3.76. The molecule has 0 fully saturated rings. The van der Waals surface area contributed by atoms with Crippen LogP contribution in [0, 0.1) is 5.41 Å². The molecule has 0 radical (unpaired) electrons. The monoisotopic (exact) mass is 189 g/mol. The number of aromatic nitrogens is 1. The zero-order valence-corrected chi connectivity index (χ0v) is 8.57. The maximum atomic E-state index is 7.06. The lowest BCUT2D eigenvalue weighted by Gasteiger charge is -1.95. The van der Waals surface area contributed by atoms with E-state index in [1.807, 2.05) is 26.0 Å². The largest absolute Gasteiger partial charge is 0.306 e. The summed E-state index contributed by atoms with van der Waals surface area (Å²) in [5, 5.41) is 7.06. The van der Waals surface area contributed by atoms with Gasteiger partial charge in [-0.25, -0.2) is 0 Å². The van der Waals surface area contributed by atoms with Gasteiger partial charge in [0.2, 0.25) is 0 Å². The molecule has 0 aliphatic heterocycles. The Labute approximate surface area is 84.7 Å². The SMILES string of the molecule is C=CN=C(C=N)c1ccccn1.CC. The lowest BCUT2D eigenvalue weighted by Crippen LogP contribution is -2.02. The second kappa shape index (κ2) is 7.86. The summed E-state index contributed by atoms with van der Waals surface area (Å²) in [5.41, 5.74) is 1.21. The van der Waals surface area contributed by atoms with E-state index in [2.05, 4.69) is 16.6 Å². The van der Waals surface area contributed by atoms with Crippen LogP contribution in [0.4, 0.5) is 0 Å². The van der Waals surface area contributed by atoms with Crippen molar-refractivity contribution in [2.75, 3.05) is 0 Å². The van der Waals surface area contributed by atoms with Crippen molar-refractivity contribution < 1.29 is 0 Å². The summed E-state index contributed by atoms with van der Waals surface area (Å²) >= 11 is 0. The van der Waals surface area contributed by atoms with E-state index in [9.17, 15) is 0 Å². The molecule has 1 aromatic heterocycles. The number of pyridine rings is 1. The molecule has 1 heterocycles. The van der Waals surface area contributed by atoms with Crippen molar-refractivity contribution >= 4 is 11.9 Å². The number of nitrogens with one attached hydrogen (secondary N) is 1. The van der Waals surface area contributed by atoms with Crippen molar-refractivity contribution in [2.24, 2.45) is 4.99 Å². The normalized spacial score (nSPS) is 9.71. The summed E-state index contributed by atoms with van der Waals surface area (Å²) < 4.78 is 0. The Kier molecular flexibility index (Phi) is 6.86. The second-order valence-electron chi connectivity index (χ2n) is 2.06. The molecule has 0 amide bonds. The maximum Gasteiger partial charge on any atom is 0.106 e. The smallest absolute Gasteiger partial charge is 0.106 e. The minimum atomic E-state index is 0.519. The van der Waals surface area contributed by atoms with Crippen molar-refractivity contribution in [1.29, 1.82) is 5.41 Å². The van der Waals surface area contributed by atoms with Gasteiger partial charge in [-0.3, -0.25) is 9.98 Å². The van der Waals surface area contributed by atoms with Crippen LogP contribution in [0.25, 0.3) is 0 Å². The quantitative estimate of drug-likeness (QED) is 0.730. The van der Waals surface area contributed by atoms with Gasteiger partial charge in [0.1, 0.15) is 5.71 Å². The summed E-state index contributed by atoms with van der Waals surface area (Å²) in [6.45, 7) is 7.46. The number of hydrogen-bond donors (Lipinski definition) is 1. The molecule has 3 nitrogen and oxygen atoms in total. The molecule has 0 spiro atoms. The van der Waals surface area contributed by atoms with Crippen LogP contribution in [0.2, 0.25) is 0 Å². The van der Waals surface area contributed by atoms with Gasteiger partial charge in [0.05, 0.1) is 5.69 Å². The first kappa shape index (κ1) is 12.2. The van der Waals surface area contributed by atoms with Gasteiger partial charge in [-0.15, -0.1) is 0 Å². The van der Waals surface area contributed by atoms with Gasteiger partial charge >= 0.3 is 0 Å². The lowest BCUT2D eigenvalue weighted by molar-refractivity contribution is 1.29. The average Bonchev–Trinajstić information content (AvgIpc) is 2.30. The number of nitrogens with zero attached hydrogens (tertiary/aromatic N) is 2. The third-order valence-corrected chi connectivity index (χ3v) is 1.29. The fraction of sp³-hybridized carbons (Fsp3) is 0.182. The van der Waals surface area contributed by atoms with Crippen LogP contribution < -0.4 is 0 Å². The zero-order chi connectivity index (χ0) is 10.8. The van der Waals surface area contributed by atoms with Crippen LogP contribution in [0.5, 0.6) is 0 Å². The topological polar surface area (TPSA) is 49.1 Å². The number of hydrogen-bond acceptors (Lipinski definition) is 3. The van der Waals surface area contributed by atoms with E-state index < -0.39 is 0 Å². The predicted octanol–water partition coefficient (Wildman–Crippen LogP) is 2.69. The molecule has 0 atom stereocenters. The van der Waals surface area contributed by atoms with Crippen molar-refractivity contribution in [3.05, 3.63) is 42.9 Å². The first-order valence-electron chi connectivity index (χ1n) is 4.49. The summed E-state index contributed by atoms with van der Waals surface area (Å²) in [4.78, 5) is 7.93. The highest BCUT2D eigenvalue weighted by Crippen LogP contribution is 1.94. The van der Waals surface area contributed by atoms with Gasteiger partial charge in [-0.1, -0.05) is 26.5 Å². The highest BCUT2D eigenvalue weighted by Gasteiger charge is 1.97. The molecule has 74 valence electrons. The first-order valence-corrected chi connectivity index (χ1v) is 4.49. The minimum absolute atomic E-state index is 0.519. The Hall–Kier alpha value is -1.77. The van der Waals surface area contributed by atoms with E-state index >= 15 is 0 Å². The van der Waals surface area contributed by atoms with E-state index in [1.165, 1.54) is 6.20 Å². The number of aliphatic imine (C=N–C) groups is 1. The van der Waals surface area contributed by atoms with Crippen LogP contribution in [0.15, 0.2) is 42.2 Å². The Bertz CT molecular complexity index is 302. The Morgan fingerprint density at radius 1 is 1.50 bits per heavy atom. The maximum absolute atomic E-state index is 7.06. The number of rotatable bonds is 3. The first-order chi connectivity index (χ1) is 6.88. The van der Waals surface area contributed by atoms with E-state index in [4.69, 9.17) is 5.41 Å². The highest BCUT2D eigenvalue weighted by atomic mass is 14.8. The van der Waals surface area contributed by atoms with Crippen molar-refractivity contribution in [3.63, 3.8) is 0 Å². The van der Waals surface area contributed by atoms with E-state index in [1.54, 1.807) is 12.3 Å². The summed E-state index contributed by atoms with van der Waals surface area (Å²) in [7, 11) is 0. The molecule has 1 N–H and O–H groups in total. The Morgan fingerprint density at radius 2 is 2.21 bits per heavy atom. The molecule has 1 rings (SSSR count). The molecule has 0 aliphatic rings. The van der Waals surface area contributed by atoms with Gasteiger partial charge < -0.3 is 5.41 Å². The van der Waals surface area contributed by atoms with E-state index in [0.29, 0.717) is 11.4 Å². The Balaban J connectivity index is 0.000000791. The van der Waals surface area contributed by atoms with Crippen LogP contribution >= 0.6 is 0 Å². The van der Waals surface area contributed by atoms with Gasteiger partial charge in [-0.2, -0.15) is 0 Å². The van der Waals surface area contributed by atoms with Crippen LogP contribution in [-0.4, -0.2) is 16.9 Å². The molecule has 1 aromatic rings. The van der Waals surface area contributed by atoms with Crippen molar-refractivity contribution in [1.82, 2.24) is 4.98 Å². The highest BCUT2D eigenvalue weighted by molar-refractivity contribution is 6.36. The summed E-state index contributed by atoms with van der Waals surface area (Å²) in [6.07, 6.45) is 4.22. The van der Waals surface area contributed by atoms with Crippen molar-refractivity contribution in [3.8, 4) is 0 Å². The van der Waals surface area contributed by atoms with E-state index in [-0.39, 0.29) is 0 Å². The fourth-order valence-corrected chi connectivity index (χ4v) is 0.790. The van der Waals surface area contributed by atoms with Gasteiger partial charge in [0.15, 0.2) is 0 Å². The predicted molar refractivity (Wildman–Crippen MR) is 61.1 cm³/mol. The van der Waals surface area contributed by atoms with Crippen LogP contribution in [0.3, 0.4) is 0 Å². The fourth-order valence-electron chi connectivity index (χ4n) is 0.790. The zero-order valence-electron chi connectivity index (χ0n) is 8.57. The molecule has 3 heteroatoms. The summed E-state index contributed by atoms with van der Waals surface area (Å²) in [6, 6.07) is 5.47. The summed E-state index contributed by atoms with van der Waals surface area (Å²) in [5.74, 6) is 0. The molecular weight excluding hydrogens is 174 g/mol. The van der Waals surface area contributed by atoms with E-state index in [0.717, 1.165) is 6.21 Å². The standard InChI is InChI=1S/C9H9N3.C2H6/c1-2-11-9(7-10)8-5-3-4-6-12-8;1-2/h2-7,10H,1H2;1-2H3. The van der Waals surface area contributed by atoms with Gasteiger partial charge in [0.25, 0.3) is 0 Å². The Morgan fingerprint density at radius 3 is 2.64 bits per heavy atom.